The largest absolute Gasteiger partial charge is 0.276 e. The SMILES string of the molecule is CCCC(=NNS(=O)(=O)c1ccc(CC(C)C)cc1)c1ccc(Cl)s1. The van der Waals surface area contributed by atoms with Gasteiger partial charge in [-0.1, -0.05) is 50.9 Å². The predicted molar refractivity (Wildman–Crippen MR) is 106 cm³/mol. The monoisotopic (exact) mass is 398 g/mol. The Labute approximate surface area is 159 Å². The maximum absolute atomic E-state index is 12.5. The minimum atomic E-state index is -3.69. The van der Waals surface area contributed by atoms with Crippen molar-refractivity contribution in [2.24, 2.45) is 11.0 Å². The third kappa shape index (κ3) is 5.83. The van der Waals surface area contributed by atoms with Gasteiger partial charge in [0, 0.05) is 0 Å². The Morgan fingerprint density at radius 1 is 1.20 bits per heavy atom. The van der Waals surface area contributed by atoms with Gasteiger partial charge in [0.25, 0.3) is 10.0 Å². The standard InChI is InChI=1S/C18H23ClN2O2S2/c1-4-5-16(17-10-11-18(19)24-17)20-21-25(22,23)15-8-6-14(7-9-15)12-13(2)3/h6-11,13,21H,4-5,12H2,1-3H3. The van der Waals surface area contributed by atoms with Crippen LogP contribution in [0.25, 0.3) is 0 Å². The number of nitrogens with one attached hydrogen (secondary N) is 1. The zero-order valence-electron chi connectivity index (χ0n) is 14.6. The molecule has 2 aromatic rings. The van der Waals surface area contributed by atoms with Crippen LogP contribution in [0.15, 0.2) is 46.4 Å². The number of hydrogen-bond acceptors (Lipinski definition) is 4. The first-order chi connectivity index (χ1) is 11.8. The molecule has 1 aromatic heterocycles. The second-order valence-corrected chi connectivity index (χ2v) is 9.62. The van der Waals surface area contributed by atoms with E-state index in [-0.39, 0.29) is 4.90 Å². The molecule has 25 heavy (non-hydrogen) atoms. The van der Waals surface area contributed by atoms with Crippen LogP contribution in [0, 0.1) is 5.92 Å². The number of thiophene rings is 1. The molecule has 0 radical (unpaired) electrons. The Bertz CT molecular complexity index is 825. The van der Waals surface area contributed by atoms with Crippen LogP contribution in [0.1, 0.15) is 44.1 Å². The van der Waals surface area contributed by atoms with E-state index in [4.69, 9.17) is 11.6 Å². The number of nitrogens with zero attached hydrogens (tertiary/aromatic N) is 1. The molecule has 0 fully saturated rings. The Morgan fingerprint density at radius 3 is 2.40 bits per heavy atom. The van der Waals surface area contributed by atoms with Gasteiger partial charge in [-0.15, -0.1) is 11.3 Å². The molecule has 0 saturated carbocycles. The van der Waals surface area contributed by atoms with Gasteiger partial charge in [0.15, 0.2) is 0 Å². The van der Waals surface area contributed by atoms with Gasteiger partial charge in [0.1, 0.15) is 0 Å². The van der Waals surface area contributed by atoms with Crippen LogP contribution in [-0.2, 0) is 16.4 Å². The van der Waals surface area contributed by atoms with Crippen molar-refractivity contribution in [2.45, 2.75) is 44.9 Å². The molecule has 1 heterocycles. The first-order valence-electron chi connectivity index (χ1n) is 8.25. The molecular formula is C18H23ClN2O2S2. The van der Waals surface area contributed by atoms with E-state index in [1.807, 2.05) is 25.1 Å². The number of hydrogen-bond donors (Lipinski definition) is 1. The zero-order valence-corrected chi connectivity index (χ0v) is 17.0. The molecule has 0 aliphatic heterocycles. The zero-order chi connectivity index (χ0) is 18.4. The first-order valence-corrected chi connectivity index (χ1v) is 10.9. The minimum Gasteiger partial charge on any atom is -0.200 e. The maximum atomic E-state index is 12.5. The summed E-state index contributed by atoms with van der Waals surface area (Å²) >= 11 is 7.36. The van der Waals surface area contributed by atoms with Crippen molar-refractivity contribution in [2.75, 3.05) is 0 Å². The van der Waals surface area contributed by atoms with Crippen molar-refractivity contribution in [1.29, 1.82) is 0 Å². The van der Waals surface area contributed by atoms with Crippen LogP contribution in [-0.4, -0.2) is 14.1 Å². The van der Waals surface area contributed by atoms with Crippen molar-refractivity contribution >= 4 is 38.7 Å². The Morgan fingerprint density at radius 2 is 1.88 bits per heavy atom. The highest BCUT2D eigenvalue weighted by Crippen LogP contribution is 2.23. The summed E-state index contributed by atoms with van der Waals surface area (Å²) < 4.78 is 25.6. The number of rotatable bonds is 8. The third-order valence-corrected chi connectivity index (χ3v) is 6.03. The second kappa shape index (κ2) is 8.83. The predicted octanol–water partition coefficient (Wildman–Crippen LogP) is 5.08. The third-order valence-electron chi connectivity index (χ3n) is 3.52. The number of halogens is 1. The molecule has 0 aliphatic rings. The van der Waals surface area contributed by atoms with Crippen LogP contribution in [0.3, 0.4) is 0 Å². The molecule has 1 N–H and O–H groups in total. The minimum absolute atomic E-state index is 0.212. The lowest BCUT2D eigenvalue weighted by Gasteiger charge is -2.08. The summed E-state index contributed by atoms with van der Waals surface area (Å²) in [7, 11) is -3.69. The van der Waals surface area contributed by atoms with Crippen LogP contribution in [0.4, 0.5) is 0 Å². The average Bonchev–Trinajstić information content (AvgIpc) is 2.98. The van der Waals surface area contributed by atoms with Crippen molar-refractivity contribution in [3.8, 4) is 0 Å². The van der Waals surface area contributed by atoms with Gasteiger partial charge < -0.3 is 0 Å². The van der Waals surface area contributed by atoms with Crippen LogP contribution >= 0.6 is 22.9 Å². The van der Waals surface area contributed by atoms with Gasteiger partial charge in [0.05, 0.1) is 19.8 Å². The Balaban J connectivity index is 2.18. The van der Waals surface area contributed by atoms with Crippen LogP contribution in [0.2, 0.25) is 4.34 Å². The summed E-state index contributed by atoms with van der Waals surface area (Å²) in [6, 6.07) is 10.6. The van der Waals surface area contributed by atoms with Crippen molar-refractivity contribution < 1.29 is 8.42 Å². The fourth-order valence-electron chi connectivity index (χ4n) is 2.38. The lowest BCUT2D eigenvalue weighted by molar-refractivity contribution is 0.584. The first kappa shape index (κ1) is 19.9. The molecule has 2 rings (SSSR count). The van der Waals surface area contributed by atoms with E-state index in [1.54, 1.807) is 18.2 Å². The summed E-state index contributed by atoms with van der Waals surface area (Å²) in [5.74, 6) is 0.527. The molecule has 0 bridgehead atoms. The summed E-state index contributed by atoms with van der Waals surface area (Å²) in [6.45, 7) is 6.28. The van der Waals surface area contributed by atoms with Gasteiger partial charge in [-0.05, 0) is 48.6 Å². The normalized spacial score (nSPS) is 12.6. The average molecular weight is 399 g/mol. The van der Waals surface area contributed by atoms with Crippen molar-refractivity contribution in [3.05, 3.63) is 51.2 Å². The molecule has 7 heteroatoms. The van der Waals surface area contributed by atoms with E-state index in [9.17, 15) is 8.42 Å². The molecule has 0 unspecified atom stereocenters. The summed E-state index contributed by atoms with van der Waals surface area (Å²) in [6.07, 6.45) is 2.46. The highest BCUT2D eigenvalue weighted by molar-refractivity contribution is 7.89. The van der Waals surface area contributed by atoms with E-state index in [0.29, 0.717) is 22.4 Å². The number of hydrazone groups is 1. The number of sulfonamides is 1. The van der Waals surface area contributed by atoms with Crippen LogP contribution in [0.5, 0.6) is 0 Å². The molecule has 0 saturated heterocycles. The van der Waals surface area contributed by atoms with E-state index in [1.165, 1.54) is 11.3 Å². The smallest absolute Gasteiger partial charge is 0.200 e. The molecular weight excluding hydrogens is 376 g/mol. The molecule has 0 spiro atoms. The lowest BCUT2D eigenvalue weighted by atomic mass is 10.0. The lowest BCUT2D eigenvalue weighted by Crippen LogP contribution is -2.20. The fourth-order valence-corrected chi connectivity index (χ4v) is 4.27. The van der Waals surface area contributed by atoms with Gasteiger partial charge in [0.2, 0.25) is 0 Å². The van der Waals surface area contributed by atoms with Gasteiger partial charge in [-0.25, -0.2) is 0 Å². The summed E-state index contributed by atoms with van der Waals surface area (Å²) in [5, 5.41) is 4.15. The molecule has 136 valence electrons. The summed E-state index contributed by atoms with van der Waals surface area (Å²) in [5.41, 5.74) is 1.82. The molecule has 4 nitrogen and oxygen atoms in total. The van der Waals surface area contributed by atoms with Gasteiger partial charge in [-0.3, -0.25) is 0 Å². The Hall–Kier alpha value is -1.37. The fraction of sp³-hybridized carbons (Fsp3) is 0.389. The quantitative estimate of drug-likeness (QED) is 0.497. The van der Waals surface area contributed by atoms with E-state index in [2.05, 4.69) is 23.8 Å². The molecule has 1 aromatic carbocycles. The summed E-state index contributed by atoms with van der Waals surface area (Å²) in [4.78, 5) is 3.44. The molecule has 0 amide bonds. The maximum Gasteiger partial charge on any atom is 0.276 e. The highest BCUT2D eigenvalue weighted by Gasteiger charge is 2.14. The Kier molecular flexibility index (Phi) is 7.04. The van der Waals surface area contributed by atoms with Crippen molar-refractivity contribution in [1.82, 2.24) is 4.83 Å². The van der Waals surface area contributed by atoms with E-state index < -0.39 is 10.0 Å². The van der Waals surface area contributed by atoms with E-state index >= 15 is 0 Å². The van der Waals surface area contributed by atoms with Crippen LogP contribution < -0.4 is 4.83 Å². The molecule has 0 aliphatic carbocycles. The number of benzene rings is 1. The van der Waals surface area contributed by atoms with Crippen molar-refractivity contribution in [3.63, 3.8) is 0 Å². The van der Waals surface area contributed by atoms with Gasteiger partial charge >= 0.3 is 0 Å². The second-order valence-electron chi connectivity index (χ2n) is 6.25. The topological polar surface area (TPSA) is 58.5 Å². The molecule has 0 atom stereocenters. The van der Waals surface area contributed by atoms with Gasteiger partial charge in [-0.2, -0.15) is 18.4 Å². The highest BCUT2D eigenvalue weighted by atomic mass is 35.5. The van der Waals surface area contributed by atoms with E-state index in [0.717, 1.165) is 23.3 Å².